The average molecular weight is 294 g/mol. The van der Waals surface area contributed by atoms with Crippen LogP contribution in [0.1, 0.15) is 16.8 Å². The molecular formula is C12H10N2O5S. The van der Waals surface area contributed by atoms with Crippen LogP contribution in [0.5, 0.6) is 0 Å². The van der Waals surface area contributed by atoms with E-state index in [-0.39, 0.29) is 5.56 Å². The largest absolute Gasteiger partial charge is 0.481 e. The minimum atomic E-state index is -1.47. The summed E-state index contributed by atoms with van der Waals surface area (Å²) in [5.74, 6) is -3.33. The van der Waals surface area contributed by atoms with Crippen molar-refractivity contribution in [3.05, 3.63) is 30.0 Å². The first kappa shape index (κ1) is 13.9. The molecule has 0 radical (unpaired) electrons. The van der Waals surface area contributed by atoms with Crippen LogP contribution in [0.4, 0.5) is 0 Å². The number of hydrogen-bond donors (Lipinski definition) is 3. The summed E-state index contributed by atoms with van der Waals surface area (Å²) in [6, 6.07) is 3.51. The highest BCUT2D eigenvalue weighted by Crippen LogP contribution is 2.21. The van der Waals surface area contributed by atoms with E-state index in [0.29, 0.717) is 5.39 Å². The highest BCUT2D eigenvalue weighted by molar-refractivity contribution is 7.13. The number of carbonyl (C=O) groups is 3. The van der Waals surface area contributed by atoms with Crippen LogP contribution in [0, 0.1) is 0 Å². The molecule has 0 saturated heterocycles. The zero-order valence-electron chi connectivity index (χ0n) is 10.1. The highest BCUT2D eigenvalue weighted by atomic mass is 32.1. The molecule has 1 aromatic carbocycles. The lowest BCUT2D eigenvalue weighted by Gasteiger charge is -2.12. The van der Waals surface area contributed by atoms with Gasteiger partial charge in [0, 0.05) is 17.1 Å². The minimum absolute atomic E-state index is 0.271. The van der Waals surface area contributed by atoms with Gasteiger partial charge in [-0.25, -0.2) is 4.79 Å². The predicted octanol–water partition coefficient (Wildman–Crippen LogP) is 0.954. The number of aliphatic carboxylic acids is 2. The second kappa shape index (κ2) is 5.66. The molecule has 1 aromatic heterocycles. The van der Waals surface area contributed by atoms with Crippen molar-refractivity contribution in [3.8, 4) is 0 Å². The second-order valence-corrected chi connectivity index (χ2v) is 4.84. The van der Waals surface area contributed by atoms with Crippen LogP contribution in [0.15, 0.2) is 24.4 Å². The number of amides is 1. The number of aromatic nitrogens is 1. The summed E-state index contributed by atoms with van der Waals surface area (Å²) in [6.45, 7) is 0. The number of hydrogen-bond acceptors (Lipinski definition) is 5. The van der Waals surface area contributed by atoms with E-state index >= 15 is 0 Å². The Bertz CT molecular complexity index is 681. The standard InChI is InChI=1S/C12H10N2O5S/c15-10(16)4-8(12(18)19)14-11(17)6-2-1-3-9-7(6)5-13-20-9/h1-3,5,8H,4H2,(H,14,17)(H,15,16)(H,18,19)/t8-/m0/s1. The summed E-state index contributed by atoms with van der Waals surface area (Å²) in [5.41, 5.74) is 0.271. The van der Waals surface area contributed by atoms with Crippen molar-refractivity contribution in [1.29, 1.82) is 0 Å². The molecule has 7 nitrogen and oxygen atoms in total. The molecule has 8 heteroatoms. The molecule has 20 heavy (non-hydrogen) atoms. The van der Waals surface area contributed by atoms with Crippen molar-refractivity contribution in [2.45, 2.75) is 12.5 Å². The maximum atomic E-state index is 12.1. The number of benzene rings is 1. The number of rotatable bonds is 5. The number of nitrogens with one attached hydrogen (secondary N) is 1. The molecule has 0 aliphatic carbocycles. The fourth-order valence-electron chi connectivity index (χ4n) is 1.70. The van der Waals surface area contributed by atoms with Crippen LogP contribution >= 0.6 is 11.5 Å². The topological polar surface area (TPSA) is 117 Å². The number of carboxylic acid groups (broad SMARTS) is 2. The van der Waals surface area contributed by atoms with Crippen molar-refractivity contribution < 1.29 is 24.6 Å². The number of carboxylic acids is 2. The Morgan fingerprint density at radius 2 is 2.05 bits per heavy atom. The molecule has 1 amide bonds. The molecule has 0 aliphatic heterocycles. The summed E-state index contributed by atoms with van der Waals surface area (Å²) in [6.07, 6.45) is 0.834. The molecule has 1 heterocycles. The number of carbonyl (C=O) groups excluding carboxylic acids is 1. The third-order valence-corrected chi connectivity index (χ3v) is 3.39. The summed E-state index contributed by atoms with van der Waals surface area (Å²) in [7, 11) is 0. The van der Waals surface area contributed by atoms with E-state index < -0.39 is 30.3 Å². The first-order valence-corrected chi connectivity index (χ1v) is 6.35. The summed E-state index contributed by atoms with van der Waals surface area (Å²) in [5, 5.41) is 20.3. The SMILES string of the molecule is O=C(O)C[C@H](NC(=O)c1cccc2sncc12)C(=O)O. The number of fused-ring (bicyclic) bond motifs is 1. The molecule has 0 spiro atoms. The molecule has 0 saturated carbocycles. The van der Waals surface area contributed by atoms with Crippen molar-refractivity contribution in [3.63, 3.8) is 0 Å². The Morgan fingerprint density at radius 1 is 1.30 bits per heavy atom. The lowest BCUT2D eigenvalue weighted by molar-refractivity contribution is -0.145. The van der Waals surface area contributed by atoms with E-state index in [0.717, 1.165) is 4.70 Å². The van der Waals surface area contributed by atoms with Crippen LogP contribution in [0.2, 0.25) is 0 Å². The van der Waals surface area contributed by atoms with E-state index in [1.807, 2.05) is 0 Å². The maximum absolute atomic E-state index is 12.1. The Labute approximate surface area is 117 Å². The van der Waals surface area contributed by atoms with Crippen molar-refractivity contribution >= 4 is 39.5 Å². The van der Waals surface area contributed by atoms with E-state index in [1.54, 1.807) is 12.1 Å². The van der Waals surface area contributed by atoms with Gasteiger partial charge < -0.3 is 15.5 Å². The molecule has 0 aliphatic rings. The highest BCUT2D eigenvalue weighted by Gasteiger charge is 2.24. The van der Waals surface area contributed by atoms with E-state index in [2.05, 4.69) is 9.69 Å². The third kappa shape index (κ3) is 2.91. The lowest BCUT2D eigenvalue weighted by atomic mass is 10.1. The summed E-state index contributed by atoms with van der Waals surface area (Å²) >= 11 is 1.21. The second-order valence-electron chi connectivity index (χ2n) is 4.01. The zero-order valence-corrected chi connectivity index (χ0v) is 10.9. The molecule has 2 rings (SSSR count). The normalized spacial score (nSPS) is 12.0. The van der Waals surface area contributed by atoms with Crippen molar-refractivity contribution in [1.82, 2.24) is 9.69 Å². The van der Waals surface area contributed by atoms with Gasteiger partial charge in [-0.05, 0) is 23.7 Å². The fourth-order valence-corrected chi connectivity index (χ4v) is 2.37. The monoisotopic (exact) mass is 294 g/mol. The van der Waals surface area contributed by atoms with Crippen LogP contribution in [-0.4, -0.2) is 38.5 Å². The molecular weight excluding hydrogens is 284 g/mol. The van der Waals surface area contributed by atoms with Gasteiger partial charge in [0.25, 0.3) is 5.91 Å². The molecule has 104 valence electrons. The van der Waals surface area contributed by atoms with Gasteiger partial charge in [0.05, 0.1) is 11.1 Å². The predicted molar refractivity (Wildman–Crippen MR) is 70.8 cm³/mol. The molecule has 0 fully saturated rings. The molecule has 0 unspecified atom stereocenters. The van der Waals surface area contributed by atoms with Crippen LogP contribution < -0.4 is 5.32 Å². The van der Waals surface area contributed by atoms with Gasteiger partial charge in [-0.15, -0.1) is 0 Å². The van der Waals surface area contributed by atoms with E-state index in [1.165, 1.54) is 23.8 Å². The van der Waals surface area contributed by atoms with E-state index in [4.69, 9.17) is 10.2 Å². The van der Waals surface area contributed by atoms with Gasteiger partial charge >= 0.3 is 11.9 Å². The Balaban J connectivity index is 2.24. The molecule has 3 N–H and O–H groups in total. The fraction of sp³-hybridized carbons (Fsp3) is 0.167. The van der Waals surface area contributed by atoms with Gasteiger partial charge in [0.15, 0.2) is 0 Å². The quantitative estimate of drug-likeness (QED) is 0.756. The molecule has 0 bridgehead atoms. The lowest BCUT2D eigenvalue weighted by Crippen LogP contribution is -2.42. The van der Waals surface area contributed by atoms with Crippen molar-refractivity contribution in [2.75, 3.05) is 0 Å². The van der Waals surface area contributed by atoms with Gasteiger partial charge in [0.2, 0.25) is 0 Å². The van der Waals surface area contributed by atoms with Crippen LogP contribution in [0.3, 0.4) is 0 Å². The van der Waals surface area contributed by atoms with Crippen molar-refractivity contribution in [2.24, 2.45) is 0 Å². The zero-order chi connectivity index (χ0) is 14.7. The number of nitrogens with zero attached hydrogens (tertiary/aromatic N) is 1. The summed E-state index contributed by atoms with van der Waals surface area (Å²) in [4.78, 5) is 33.6. The first-order valence-electron chi connectivity index (χ1n) is 5.58. The average Bonchev–Trinajstić information content (AvgIpc) is 2.84. The Hall–Kier alpha value is -2.48. The maximum Gasteiger partial charge on any atom is 0.326 e. The first-order chi connectivity index (χ1) is 9.49. The molecule has 1 atom stereocenters. The Kier molecular flexibility index (Phi) is 3.94. The molecule has 2 aromatic rings. The van der Waals surface area contributed by atoms with Gasteiger partial charge in [-0.3, -0.25) is 9.59 Å². The van der Waals surface area contributed by atoms with Crippen LogP contribution in [-0.2, 0) is 9.59 Å². The third-order valence-electron chi connectivity index (χ3n) is 2.63. The minimum Gasteiger partial charge on any atom is -0.481 e. The van der Waals surface area contributed by atoms with Gasteiger partial charge in [-0.2, -0.15) is 4.37 Å². The smallest absolute Gasteiger partial charge is 0.326 e. The van der Waals surface area contributed by atoms with E-state index in [9.17, 15) is 14.4 Å². The van der Waals surface area contributed by atoms with Crippen LogP contribution in [0.25, 0.3) is 10.1 Å². The van der Waals surface area contributed by atoms with Gasteiger partial charge in [-0.1, -0.05) is 6.07 Å². The van der Waals surface area contributed by atoms with Gasteiger partial charge in [0.1, 0.15) is 6.04 Å². The Morgan fingerprint density at radius 3 is 2.70 bits per heavy atom. The summed E-state index contributed by atoms with van der Waals surface area (Å²) < 4.78 is 4.75.